The summed E-state index contributed by atoms with van der Waals surface area (Å²) < 4.78 is 16.2. The molecule has 7 nitrogen and oxygen atoms in total. The van der Waals surface area contributed by atoms with Crippen LogP contribution in [0.25, 0.3) is 10.9 Å². The van der Waals surface area contributed by atoms with Crippen molar-refractivity contribution in [1.82, 2.24) is 9.97 Å². The molecule has 0 saturated heterocycles. The predicted molar refractivity (Wildman–Crippen MR) is 121 cm³/mol. The van der Waals surface area contributed by atoms with Crippen molar-refractivity contribution in [2.75, 3.05) is 45.1 Å². The molecule has 0 spiro atoms. The Labute approximate surface area is 177 Å². The van der Waals surface area contributed by atoms with Gasteiger partial charge < -0.3 is 24.8 Å². The van der Waals surface area contributed by atoms with E-state index in [4.69, 9.17) is 24.2 Å². The number of fused-ring (bicyclic) bond motifs is 1. The minimum Gasteiger partial charge on any atom is -0.497 e. The molecule has 0 atom stereocenters. The Balaban J connectivity index is 1.83. The zero-order chi connectivity index (χ0) is 21.3. The van der Waals surface area contributed by atoms with Crippen molar-refractivity contribution in [3.05, 3.63) is 42.0 Å². The molecule has 0 saturated carbocycles. The molecular formula is C23H30N4O3. The summed E-state index contributed by atoms with van der Waals surface area (Å²) in [5.74, 6) is 3.53. The van der Waals surface area contributed by atoms with Gasteiger partial charge in [-0.1, -0.05) is 25.5 Å². The summed E-state index contributed by atoms with van der Waals surface area (Å²) in [6.07, 6.45) is 3.01. The fraction of sp³-hybridized carbons (Fsp3) is 0.391. The van der Waals surface area contributed by atoms with E-state index in [0.717, 1.165) is 48.3 Å². The summed E-state index contributed by atoms with van der Waals surface area (Å²) >= 11 is 0. The summed E-state index contributed by atoms with van der Waals surface area (Å²) in [4.78, 5) is 9.40. The largest absolute Gasteiger partial charge is 0.497 e. The third kappa shape index (κ3) is 5.23. The van der Waals surface area contributed by atoms with Gasteiger partial charge in [-0.2, -0.15) is 4.98 Å². The number of ether oxygens (including phenoxy) is 3. The van der Waals surface area contributed by atoms with Crippen LogP contribution < -0.4 is 24.8 Å². The molecule has 0 radical (unpaired) electrons. The molecule has 3 rings (SSSR count). The van der Waals surface area contributed by atoms with Crippen molar-refractivity contribution in [2.24, 2.45) is 0 Å². The zero-order valence-corrected chi connectivity index (χ0v) is 18.1. The first-order valence-corrected chi connectivity index (χ1v) is 10.2. The van der Waals surface area contributed by atoms with Crippen molar-refractivity contribution in [2.45, 2.75) is 26.2 Å². The van der Waals surface area contributed by atoms with Gasteiger partial charge in [-0.25, -0.2) is 4.98 Å². The minimum absolute atomic E-state index is 0.580. The summed E-state index contributed by atoms with van der Waals surface area (Å²) in [5, 5.41) is 7.69. The fourth-order valence-electron chi connectivity index (χ4n) is 3.20. The van der Waals surface area contributed by atoms with Crippen LogP contribution in [0.2, 0.25) is 0 Å². The highest BCUT2D eigenvalue weighted by atomic mass is 16.5. The molecule has 3 aromatic rings. The molecule has 0 amide bonds. The molecule has 7 heteroatoms. The van der Waals surface area contributed by atoms with Gasteiger partial charge in [0.1, 0.15) is 11.6 Å². The van der Waals surface area contributed by atoms with E-state index in [2.05, 4.69) is 23.6 Å². The Morgan fingerprint density at radius 2 is 1.67 bits per heavy atom. The van der Waals surface area contributed by atoms with E-state index < -0.39 is 0 Å². The number of benzene rings is 2. The van der Waals surface area contributed by atoms with E-state index in [0.29, 0.717) is 24.0 Å². The Morgan fingerprint density at radius 3 is 2.40 bits per heavy atom. The van der Waals surface area contributed by atoms with Gasteiger partial charge in [0.25, 0.3) is 0 Å². The lowest BCUT2D eigenvalue weighted by Crippen LogP contribution is -2.11. The first-order valence-electron chi connectivity index (χ1n) is 10.2. The first kappa shape index (κ1) is 21.5. The standard InChI is InChI=1S/C23H30N4O3/c1-5-6-11-24-22-18-14-20(29-3)21(30-4)15-19(18)26-23(27-22)25-12-10-16-8-7-9-17(13-16)28-2/h7-9,13-15H,5-6,10-12H2,1-4H3,(H2,24,25,26,27). The number of nitrogens with zero attached hydrogens (tertiary/aromatic N) is 2. The van der Waals surface area contributed by atoms with Crippen LogP contribution in [0.5, 0.6) is 17.2 Å². The highest BCUT2D eigenvalue weighted by molar-refractivity contribution is 5.92. The summed E-state index contributed by atoms with van der Waals surface area (Å²) in [5.41, 5.74) is 1.99. The minimum atomic E-state index is 0.580. The maximum atomic E-state index is 5.45. The van der Waals surface area contributed by atoms with Crippen LogP contribution in [0.4, 0.5) is 11.8 Å². The molecule has 1 aromatic heterocycles. The molecule has 0 aliphatic heterocycles. The topological polar surface area (TPSA) is 77.5 Å². The van der Waals surface area contributed by atoms with Crippen LogP contribution in [0.15, 0.2) is 36.4 Å². The lowest BCUT2D eigenvalue weighted by atomic mass is 10.1. The highest BCUT2D eigenvalue weighted by Gasteiger charge is 2.13. The van der Waals surface area contributed by atoms with Gasteiger partial charge in [0.05, 0.1) is 26.8 Å². The van der Waals surface area contributed by atoms with Gasteiger partial charge in [0, 0.05) is 24.5 Å². The zero-order valence-electron chi connectivity index (χ0n) is 18.1. The van der Waals surface area contributed by atoms with E-state index in [-0.39, 0.29) is 0 Å². The maximum Gasteiger partial charge on any atom is 0.225 e. The Kier molecular flexibility index (Phi) is 7.54. The summed E-state index contributed by atoms with van der Waals surface area (Å²) in [6, 6.07) is 11.9. The highest BCUT2D eigenvalue weighted by Crippen LogP contribution is 2.34. The number of aromatic nitrogens is 2. The van der Waals surface area contributed by atoms with Crippen LogP contribution >= 0.6 is 0 Å². The summed E-state index contributed by atoms with van der Waals surface area (Å²) in [7, 11) is 4.93. The monoisotopic (exact) mass is 410 g/mol. The van der Waals surface area contributed by atoms with E-state index >= 15 is 0 Å². The lowest BCUT2D eigenvalue weighted by Gasteiger charge is -2.14. The number of hydrogen-bond acceptors (Lipinski definition) is 7. The molecule has 30 heavy (non-hydrogen) atoms. The third-order valence-electron chi connectivity index (χ3n) is 4.85. The van der Waals surface area contributed by atoms with Gasteiger partial charge in [0.2, 0.25) is 5.95 Å². The van der Waals surface area contributed by atoms with Gasteiger partial charge in [-0.15, -0.1) is 0 Å². The average molecular weight is 411 g/mol. The van der Waals surface area contributed by atoms with Gasteiger partial charge in [-0.05, 0) is 36.6 Å². The number of methoxy groups -OCH3 is 3. The Morgan fingerprint density at radius 1 is 0.867 bits per heavy atom. The predicted octanol–water partition coefficient (Wildman–Crippen LogP) is 4.52. The second kappa shape index (κ2) is 10.5. The van der Waals surface area contributed by atoms with Gasteiger partial charge in [-0.3, -0.25) is 0 Å². The van der Waals surface area contributed by atoms with Gasteiger partial charge in [0.15, 0.2) is 11.5 Å². The van der Waals surface area contributed by atoms with Crippen molar-refractivity contribution < 1.29 is 14.2 Å². The third-order valence-corrected chi connectivity index (χ3v) is 4.85. The van der Waals surface area contributed by atoms with Gasteiger partial charge >= 0.3 is 0 Å². The molecule has 0 bridgehead atoms. The van der Waals surface area contributed by atoms with E-state index in [1.807, 2.05) is 30.3 Å². The quantitative estimate of drug-likeness (QED) is 0.450. The van der Waals surface area contributed by atoms with Crippen LogP contribution in [0, 0.1) is 0 Å². The molecule has 2 aromatic carbocycles. The maximum absolute atomic E-state index is 5.45. The molecule has 2 N–H and O–H groups in total. The molecule has 0 aliphatic carbocycles. The number of nitrogens with one attached hydrogen (secondary N) is 2. The van der Waals surface area contributed by atoms with E-state index in [9.17, 15) is 0 Å². The fourth-order valence-corrected chi connectivity index (χ4v) is 3.20. The van der Waals surface area contributed by atoms with E-state index in [1.165, 1.54) is 5.56 Å². The molecule has 1 heterocycles. The van der Waals surface area contributed by atoms with Crippen molar-refractivity contribution in [3.63, 3.8) is 0 Å². The summed E-state index contributed by atoms with van der Waals surface area (Å²) in [6.45, 7) is 3.72. The molecular weight excluding hydrogens is 380 g/mol. The lowest BCUT2D eigenvalue weighted by molar-refractivity contribution is 0.356. The Bertz CT molecular complexity index is 978. The van der Waals surface area contributed by atoms with Crippen LogP contribution in [-0.4, -0.2) is 44.4 Å². The second-order valence-electron chi connectivity index (χ2n) is 6.93. The number of unbranched alkanes of at least 4 members (excludes halogenated alkanes) is 1. The smallest absolute Gasteiger partial charge is 0.225 e. The van der Waals surface area contributed by atoms with Crippen LogP contribution in [0.1, 0.15) is 25.3 Å². The van der Waals surface area contributed by atoms with Crippen LogP contribution in [-0.2, 0) is 6.42 Å². The number of rotatable bonds is 11. The Hall–Kier alpha value is -3.22. The normalized spacial score (nSPS) is 10.7. The van der Waals surface area contributed by atoms with E-state index in [1.54, 1.807) is 21.3 Å². The molecule has 0 fully saturated rings. The van der Waals surface area contributed by atoms with Crippen LogP contribution in [0.3, 0.4) is 0 Å². The number of anilines is 2. The molecule has 160 valence electrons. The van der Waals surface area contributed by atoms with Crippen molar-refractivity contribution in [1.29, 1.82) is 0 Å². The number of hydrogen-bond donors (Lipinski definition) is 2. The average Bonchev–Trinajstić information content (AvgIpc) is 2.78. The first-order chi connectivity index (χ1) is 14.7. The second-order valence-corrected chi connectivity index (χ2v) is 6.93. The van der Waals surface area contributed by atoms with Crippen molar-refractivity contribution in [3.8, 4) is 17.2 Å². The van der Waals surface area contributed by atoms with Crippen molar-refractivity contribution >= 4 is 22.7 Å². The SMILES string of the molecule is CCCCNc1nc(NCCc2cccc(OC)c2)nc2cc(OC)c(OC)cc12. The molecule has 0 unspecified atom stereocenters. The molecule has 0 aliphatic rings.